The second-order valence-corrected chi connectivity index (χ2v) is 17.6. The molecule has 1 saturated carbocycles. The zero-order valence-electron chi connectivity index (χ0n) is 33.5. The summed E-state index contributed by atoms with van der Waals surface area (Å²) in [6, 6.07) is 12.0. The van der Waals surface area contributed by atoms with Crippen molar-refractivity contribution in [3.05, 3.63) is 65.0 Å². The van der Waals surface area contributed by atoms with Crippen molar-refractivity contribution < 1.29 is 29.3 Å². The summed E-state index contributed by atoms with van der Waals surface area (Å²) in [5.74, 6) is 0.286. The molecule has 3 fully saturated rings. The van der Waals surface area contributed by atoms with Gasteiger partial charge in [-0.1, -0.05) is 78.8 Å². The van der Waals surface area contributed by atoms with Gasteiger partial charge < -0.3 is 25.5 Å². The highest BCUT2D eigenvalue weighted by molar-refractivity contribution is 5.82. The number of amides is 1. The Hall–Kier alpha value is -2.60. The van der Waals surface area contributed by atoms with Crippen molar-refractivity contribution in [3.8, 4) is 5.75 Å². The van der Waals surface area contributed by atoms with Crippen LogP contribution >= 0.6 is 0 Å². The van der Waals surface area contributed by atoms with Crippen LogP contribution in [0.25, 0.3) is 0 Å². The third-order valence-electron chi connectivity index (χ3n) is 13.3. The van der Waals surface area contributed by atoms with Crippen molar-refractivity contribution in [1.29, 1.82) is 0 Å². The lowest BCUT2D eigenvalue weighted by atomic mass is 9.58. The molecule has 4 N–H and O–H groups in total. The number of aliphatic hydroxyl groups excluding tert-OH is 2. The lowest BCUT2D eigenvalue weighted by molar-refractivity contribution is -0.182. The van der Waals surface area contributed by atoms with E-state index in [0.717, 1.165) is 43.6 Å². The van der Waals surface area contributed by atoms with Crippen molar-refractivity contribution in [2.24, 2.45) is 35.0 Å². The number of hydroxylamine groups is 2. The number of nitrogens with one attached hydrogen (secondary N) is 1. The maximum atomic E-state index is 15.2. The van der Waals surface area contributed by atoms with E-state index in [2.05, 4.69) is 75.7 Å². The molecule has 0 aromatic heterocycles. The molecule has 0 unspecified atom stereocenters. The topological polar surface area (TPSA) is 109 Å². The highest BCUT2D eigenvalue weighted by Gasteiger charge is 2.51. The quantitative estimate of drug-likeness (QED) is 0.168. The number of aliphatic hydroxyl groups is 2. The Kier molecular flexibility index (Phi) is 14.0. The molecule has 3 aliphatic rings. The molecule has 9 nitrogen and oxygen atoms in total. The van der Waals surface area contributed by atoms with Crippen molar-refractivity contribution in [2.45, 2.75) is 131 Å². The van der Waals surface area contributed by atoms with Gasteiger partial charge in [0, 0.05) is 43.2 Å². The Morgan fingerprint density at radius 1 is 1.06 bits per heavy atom. The second kappa shape index (κ2) is 17.9. The number of phenolic OH excluding ortho intramolecular Hbond substituents is 1. The largest absolute Gasteiger partial charge is 0.508 e. The molecular formula is C43H67FN4O5. The maximum absolute atomic E-state index is 15.2. The summed E-state index contributed by atoms with van der Waals surface area (Å²) in [6.45, 7) is 21.3. The fraction of sp³-hybridized carbons (Fsp3) is 0.698. The van der Waals surface area contributed by atoms with Crippen LogP contribution in [-0.4, -0.2) is 92.7 Å². The Balaban J connectivity index is 1.40. The molecule has 2 aromatic carbocycles. The molecule has 1 amide bonds. The average Bonchev–Trinajstić information content (AvgIpc) is 3.75. The molecule has 53 heavy (non-hydrogen) atoms. The van der Waals surface area contributed by atoms with Gasteiger partial charge in [-0.25, -0.2) is 4.39 Å². The van der Waals surface area contributed by atoms with Crippen LogP contribution in [0.4, 0.5) is 4.39 Å². The van der Waals surface area contributed by atoms with Crippen LogP contribution < -0.4 is 5.32 Å². The number of phenols is 1. The van der Waals surface area contributed by atoms with Gasteiger partial charge in [0.2, 0.25) is 5.91 Å². The van der Waals surface area contributed by atoms with Crippen LogP contribution in [-0.2, 0) is 29.3 Å². The van der Waals surface area contributed by atoms with Gasteiger partial charge in [0.05, 0.1) is 19.3 Å². The number of carbonyl (C=O) groups is 1. The summed E-state index contributed by atoms with van der Waals surface area (Å²) in [7, 11) is 0. The van der Waals surface area contributed by atoms with E-state index in [4.69, 9.17) is 4.84 Å². The molecule has 9 atom stereocenters. The van der Waals surface area contributed by atoms with Gasteiger partial charge in [0.25, 0.3) is 0 Å². The Morgan fingerprint density at radius 3 is 2.38 bits per heavy atom. The molecule has 1 aliphatic carbocycles. The third-order valence-corrected chi connectivity index (χ3v) is 13.3. The molecule has 2 aromatic rings. The molecule has 0 spiro atoms. The molecule has 2 aliphatic heterocycles. The van der Waals surface area contributed by atoms with E-state index in [1.807, 2.05) is 12.1 Å². The number of benzene rings is 2. The molecular weight excluding hydrogens is 671 g/mol. The molecule has 5 rings (SSSR count). The lowest BCUT2D eigenvalue weighted by Gasteiger charge is -2.50. The molecule has 2 heterocycles. The monoisotopic (exact) mass is 739 g/mol. The Morgan fingerprint density at radius 2 is 1.74 bits per heavy atom. The first-order valence-electron chi connectivity index (χ1n) is 20.1. The van der Waals surface area contributed by atoms with Crippen LogP contribution in [0.5, 0.6) is 5.75 Å². The minimum Gasteiger partial charge on any atom is -0.508 e. The van der Waals surface area contributed by atoms with Gasteiger partial charge in [-0.05, 0) is 98.0 Å². The SMILES string of the molecule is CC(C)C[C@@H](CN1CCCC1)N(Cc1cccc(CN2O[C@@H](CO)[C@@H]([C@H](C)O)[C@H]2C(=O)N[C@H]2C[C@@H](C)C(C)(C)[C@@H](C)[C@@H]2C)c1)Cc1c(O)cccc1F. The molecule has 0 bridgehead atoms. The zero-order chi connectivity index (χ0) is 38.6. The van der Waals surface area contributed by atoms with E-state index in [9.17, 15) is 20.1 Å². The fourth-order valence-corrected chi connectivity index (χ4v) is 9.32. The minimum absolute atomic E-state index is 0.00672. The van der Waals surface area contributed by atoms with Crippen LogP contribution in [0.2, 0.25) is 0 Å². The van der Waals surface area contributed by atoms with Crippen LogP contribution in [0.3, 0.4) is 0 Å². The van der Waals surface area contributed by atoms with E-state index >= 15 is 4.39 Å². The average molecular weight is 739 g/mol. The number of halogens is 1. The highest BCUT2D eigenvalue weighted by Crippen LogP contribution is 2.47. The van der Waals surface area contributed by atoms with Gasteiger partial charge in [-0.2, -0.15) is 5.06 Å². The zero-order valence-corrected chi connectivity index (χ0v) is 33.5. The van der Waals surface area contributed by atoms with Gasteiger partial charge in [-0.15, -0.1) is 0 Å². The van der Waals surface area contributed by atoms with E-state index in [1.165, 1.54) is 25.0 Å². The summed E-state index contributed by atoms with van der Waals surface area (Å²) >= 11 is 0. The number of hydrogen-bond acceptors (Lipinski definition) is 8. The van der Waals surface area contributed by atoms with Crippen molar-refractivity contribution in [1.82, 2.24) is 20.2 Å². The first-order valence-corrected chi connectivity index (χ1v) is 20.1. The molecule has 2 saturated heterocycles. The number of nitrogens with zero attached hydrogens (tertiary/aromatic N) is 3. The van der Waals surface area contributed by atoms with Crippen LogP contribution in [0.15, 0.2) is 42.5 Å². The van der Waals surface area contributed by atoms with Crippen molar-refractivity contribution in [3.63, 3.8) is 0 Å². The summed E-state index contributed by atoms with van der Waals surface area (Å²) in [4.78, 5) is 25.3. The number of rotatable bonds is 15. The van der Waals surface area contributed by atoms with Gasteiger partial charge in [0.1, 0.15) is 23.7 Å². The number of carbonyl (C=O) groups excluding carboxylic acids is 1. The normalized spacial score (nSPS) is 29.2. The second-order valence-electron chi connectivity index (χ2n) is 17.6. The number of hydrogen-bond donors (Lipinski definition) is 4. The summed E-state index contributed by atoms with van der Waals surface area (Å²) < 4.78 is 15.2. The predicted octanol–water partition coefficient (Wildman–Crippen LogP) is 6.34. The van der Waals surface area contributed by atoms with E-state index in [0.29, 0.717) is 29.9 Å². The van der Waals surface area contributed by atoms with Crippen molar-refractivity contribution >= 4 is 5.91 Å². The first kappa shape index (κ1) is 41.6. The molecule has 0 radical (unpaired) electrons. The third kappa shape index (κ3) is 9.80. The summed E-state index contributed by atoms with van der Waals surface area (Å²) in [5.41, 5.74) is 2.41. The van der Waals surface area contributed by atoms with E-state index in [-0.39, 0.29) is 54.8 Å². The van der Waals surface area contributed by atoms with Gasteiger partial charge >= 0.3 is 0 Å². The summed E-state index contributed by atoms with van der Waals surface area (Å²) in [6.07, 6.45) is 2.58. The fourth-order valence-electron chi connectivity index (χ4n) is 9.32. The number of likely N-dealkylation sites (tertiary alicyclic amines) is 1. The highest BCUT2D eigenvalue weighted by atomic mass is 19.1. The van der Waals surface area contributed by atoms with Crippen LogP contribution in [0, 0.1) is 40.8 Å². The van der Waals surface area contributed by atoms with Crippen LogP contribution in [0.1, 0.15) is 97.8 Å². The maximum Gasteiger partial charge on any atom is 0.240 e. The van der Waals surface area contributed by atoms with E-state index in [1.54, 1.807) is 18.1 Å². The van der Waals surface area contributed by atoms with Gasteiger partial charge in [0.15, 0.2) is 0 Å². The Labute approximate surface area is 317 Å². The van der Waals surface area contributed by atoms with Crippen molar-refractivity contribution in [2.75, 3.05) is 26.2 Å². The van der Waals surface area contributed by atoms with Gasteiger partial charge in [-0.3, -0.25) is 14.5 Å². The Bertz CT molecular complexity index is 1480. The molecule has 10 heteroatoms. The predicted molar refractivity (Wildman–Crippen MR) is 207 cm³/mol. The smallest absolute Gasteiger partial charge is 0.240 e. The van der Waals surface area contributed by atoms with E-state index < -0.39 is 30.0 Å². The standard InChI is InChI=1S/C43H67FN4O5/c1-27(2)19-34(24-46-17-9-10-18-46)47(25-35-36(44)15-12-16-38(35)51)22-32-13-11-14-33(21-32)23-48-41(40(31(6)50)39(26-49)53-48)42(52)45-37-20-28(3)43(7,8)30(5)29(37)4/h11-16,21,27-31,34,37,39-41,49-51H,9-10,17-20,22-26H2,1-8H3,(H,45,52)/t28-,29+,30+,31+,34+,37+,39+,40-,41+/m1/s1. The minimum atomic E-state index is -0.878. The summed E-state index contributed by atoms with van der Waals surface area (Å²) in [5, 5.41) is 37.0. The lowest BCUT2D eigenvalue weighted by Crippen LogP contribution is -2.56. The molecule has 296 valence electrons. The number of aromatic hydroxyl groups is 1. The first-order chi connectivity index (χ1) is 25.1.